The van der Waals surface area contributed by atoms with Crippen molar-refractivity contribution in [2.45, 2.75) is 0 Å². The van der Waals surface area contributed by atoms with Crippen LogP contribution in [0.1, 0.15) is 0 Å². The van der Waals surface area contributed by atoms with Gasteiger partial charge in [0.05, 0.1) is 11.7 Å². The van der Waals surface area contributed by atoms with E-state index < -0.39 is 0 Å². The van der Waals surface area contributed by atoms with Crippen molar-refractivity contribution in [1.82, 2.24) is 14.8 Å². The molecule has 0 fully saturated rings. The van der Waals surface area contributed by atoms with Crippen molar-refractivity contribution in [3.05, 3.63) is 30.6 Å². The van der Waals surface area contributed by atoms with Gasteiger partial charge in [0.15, 0.2) is 0 Å². The van der Waals surface area contributed by atoms with Gasteiger partial charge in [0.1, 0.15) is 0 Å². The Balaban J connectivity index is 2.95. The minimum absolute atomic E-state index is 1.07. The molecule has 2 rings (SSSR count). The van der Waals surface area contributed by atoms with Gasteiger partial charge in [-0.2, -0.15) is 0 Å². The topological polar surface area (TPSA) is 30.2 Å². The molecular weight excluding hydrogens is 114 g/mol. The Hall–Kier alpha value is -1.38. The lowest BCUT2D eigenvalue weighted by Gasteiger charge is -1.85. The Morgan fingerprint density at radius 3 is 3.22 bits per heavy atom. The van der Waals surface area contributed by atoms with Crippen LogP contribution in [0.15, 0.2) is 30.6 Å². The van der Waals surface area contributed by atoms with Crippen molar-refractivity contribution in [3.63, 3.8) is 0 Å². The molecular formula is C6H5N3. The molecule has 0 aliphatic heterocycles. The molecule has 0 radical (unpaired) electrons. The summed E-state index contributed by atoms with van der Waals surface area (Å²) in [6.07, 6.45) is 3.54. The van der Waals surface area contributed by atoms with Crippen molar-refractivity contribution in [2.75, 3.05) is 0 Å². The van der Waals surface area contributed by atoms with E-state index in [1.54, 1.807) is 10.7 Å². The molecule has 0 amide bonds. The standard InChI is InChI=1S/C6H5N3/c1-2-6-3-4-7-8-9(6)5-1/h1-5H. The first-order valence-corrected chi connectivity index (χ1v) is 2.72. The van der Waals surface area contributed by atoms with Crippen LogP contribution in [0.2, 0.25) is 0 Å². The van der Waals surface area contributed by atoms with Gasteiger partial charge in [-0.15, -0.1) is 5.10 Å². The third-order valence-electron chi connectivity index (χ3n) is 1.22. The predicted octanol–water partition coefficient (Wildman–Crippen LogP) is 0.729. The fraction of sp³-hybridized carbons (Fsp3) is 0. The van der Waals surface area contributed by atoms with Crippen LogP contribution in [0.25, 0.3) is 5.52 Å². The molecule has 9 heavy (non-hydrogen) atoms. The van der Waals surface area contributed by atoms with E-state index in [0.29, 0.717) is 0 Å². The number of fused-ring (bicyclic) bond motifs is 1. The van der Waals surface area contributed by atoms with E-state index in [1.807, 2.05) is 24.4 Å². The maximum Gasteiger partial charge on any atom is 0.0679 e. The summed E-state index contributed by atoms with van der Waals surface area (Å²) in [4.78, 5) is 0. The summed E-state index contributed by atoms with van der Waals surface area (Å²) in [6, 6.07) is 5.83. The number of aromatic nitrogens is 3. The van der Waals surface area contributed by atoms with Gasteiger partial charge in [-0.25, -0.2) is 4.52 Å². The van der Waals surface area contributed by atoms with Gasteiger partial charge in [0.2, 0.25) is 0 Å². The van der Waals surface area contributed by atoms with Crippen LogP contribution in [0.4, 0.5) is 0 Å². The van der Waals surface area contributed by atoms with Crippen molar-refractivity contribution >= 4 is 5.52 Å². The summed E-state index contributed by atoms with van der Waals surface area (Å²) >= 11 is 0. The Morgan fingerprint density at radius 2 is 2.33 bits per heavy atom. The molecule has 0 saturated heterocycles. The fourth-order valence-corrected chi connectivity index (χ4v) is 0.794. The Morgan fingerprint density at radius 1 is 1.33 bits per heavy atom. The van der Waals surface area contributed by atoms with Crippen LogP contribution in [0, 0.1) is 0 Å². The lowest BCUT2D eigenvalue weighted by molar-refractivity contribution is 0.810. The monoisotopic (exact) mass is 119 g/mol. The van der Waals surface area contributed by atoms with Crippen LogP contribution in [0.3, 0.4) is 0 Å². The third kappa shape index (κ3) is 0.579. The van der Waals surface area contributed by atoms with Crippen molar-refractivity contribution in [3.8, 4) is 0 Å². The highest BCUT2D eigenvalue weighted by Gasteiger charge is 1.86. The Kier molecular flexibility index (Phi) is 0.773. The first kappa shape index (κ1) is 4.49. The maximum absolute atomic E-state index is 3.81. The van der Waals surface area contributed by atoms with Crippen molar-refractivity contribution in [1.29, 1.82) is 0 Å². The molecule has 0 aliphatic carbocycles. The summed E-state index contributed by atoms with van der Waals surface area (Å²) in [5.41, 5.74) is 1.07. The molecule has 0 aliphatic rings. The predicted molar refractivity (Wildman–Crippen MR) is 33.0 cm³/mol. The van der Waals surface area contributed by atoms with E-state index in [2.05, 4.69) is 10.3 Å². The minimum Gasteiger partial charge on any atom is -0.222 e. The molecule has 0 spiro atoms. The number of rotatable bonds is 0. The highest BCUT2D eigenvalue weighted by Crippen LogP contribution is 1.97. The fourth-order valence-electron chi connectivity index (χ4n) is 0.794. The quantitative estimate of drug-likeness (QED) is 0.511. The first-order valence-electron chi connectivity index (χ1n) is 2.72. The van der Waals surface area contributed by atoms with E-state index in [0.717, 1.165) is 5.52 Å². The van der Waals surface area contributed by atoms with Gasteiger partial charge >= 0.3 is 0 Å². The number of hydrogen-bond donors (Lipinski definition) is 0. The molecule has 0 N–H and O–H groups in total. The van der Waals surface area contributed by atoms with Gasteiger partial charge in [-0.05, 0) is 18.2 Å². The molecule has 2 aromatic rings. The second-order valence-corrected chi connectivity index (χ2v) is 1.80. The summed E-state index contributed by atoms with van der Waals surface area (Å²) in [7, 11) is 0. The molecule has 3 heteroatoms. The van der Waals surface area contributed by atoms with Crippen LogP contribution in [-0.4, -0.2) is 14.8 Å². The Labute approximate surface area is 51.9 Å². The molecule has 0 atom stereocenters. The second kappa shape index (κ2) is 1.55. The summed E-state index contributed by atoms with van der Waals surface area (Å²) in [5.74, 6) is 0. The van der Waals surface area contributed by atoms with Crippen LogP contribution in [0.5, 0.6) is 0 Å². The van der Waals surface area contributed by atoms with E-state index in [4.69, 9.17) is 0 Å². The zero-order chi connectivity index (χ0) is 6.10. The smallest absolute Gasteiger partial charge is 0.0679 e. The SMILES string of the molecule is c1cc2ccnnn2c1. The molecule has 2 heterocycles. The minimum atomic E-state index is 1.07. The maximum atomic E-state index is 3.81. The van der Waals surface area contributed by atoms with Crippen molar-refractivity contribution < 1.29 is 0 Å². The summed E-state index contributed by atoms with van der Waals surface area (Å²) in [5, 5.41) is 7.51. The highest BCUT2D eigenvalue weighted by molar-refractivity contribution is 5.44. The zero-order valence-corrected chi connectivity index (χ0v) is 4.73. The molecule has 0 bridgehead atoms. The summed E-state index contributed by atoms with van der Waals surface area (Å²) in [6.45, 7) is 0. The normalized spacial score (nSPS) is 10.2. The van der Waals surface area contributed by atoms with Crippen LogP contribution >= 0.6 is 0 Å². The van der Waals surface area contributed by atoms with Gasteiger partial charge in [-0.3, -0.25) is 0 Å². The molecule has 3 nitrogen and oxygen atoms in total. The van der Waals surface area contributed by atoms with E-state index >= 15 is 0 Å². The number of nitrogens with zero attached hydrogens (tertiary/aromatic N) is 3. The van der Waals surface area contributed by atoms with Crippen LogP contribution < -0.4 is 0 Å². The van der Waals surface area contributed by atoms with Gasteiger partial charge in [0.25, 0.3) is 0 Å². The van der Waals surface area contributed by atoms with Gasteiger partial charge in [0, 0.05) is 6.20 Å². The average Bonchev–Trinajstić information content (AvgIpc) is 2.33. The van der Waals surface area contributed by atoms with E-state index in [9.17, 15) is 0 Å². The van der Waals surface area contributed by atoms with Crippen molar-refractivity contribution in [2.24, 2.45) is 0 Å². The molecule has 0 saturated carbocycles. The third-order valence-corrected chi connectivity index (χ3v) is 1.22. The molecule has 0 aromatic carbocycles. The van der Waals surface area contributed by atoms with Crippen LogP contribution in [-0.2, 0) is 0 Å². The zero-order valence-electron chi connectivity index (χ0n) is 4.73. The first-order chi connectivity index (χ1) is 4.47. The Bertz CT molecular complexity index is 282. The number of hydrogen-bond acceptors (Lipinski definition) is 2. The second-order valence-electron chi connectivity index (χ2n) is 1.80. The highest BCUT2D eigenvalue weighted by atomic mass is 15.4. The average molecular weight is 119 g/mol. The van der Waals surface area contributed by atoms with E-state index in [1.165, 1.54) is 0 Å². The lowest BCUT2D eigenvalue weighted by atomic mass is 10.5. The lowest BCUT2D eigenvalue weighted by Crippen LogP contribution is -1.89. The molecule has 2 aromatic heterocycles. The van der Waals surface area contributed by atoms with E-state index in [-0.39, 0.29) is 0 Å². The molecule has 0 unspecified atom stereocenters. The summed E-state index contributed by atoms with van der Waals surface area (Å²) < 4.78 is 1.72. The van der Waals surface area contributed by atoms with Gasteiger partial charge in [-0.1, -0.05) is 5.21 Å². The molecule has 44 valence electrons. The largest absolute Gasteiger partial charge is 0.222 e. The van der Waals surface area contributed by atoms with Gasteiger partial charge < -0.3 is 0 Å².